The van der Waals surface area contributed by atoms with Crippen LogP contribution in [0.2, 0.25) is 5.02 Å². The van der Waals surface area contributed by atoms with E-state index in [1.165, 1.54) is 24.3 Å². The first kappa shape index (κ1) is 24.5. The number of nitrogens with zero attached hydrogens (tertiary/aromatic N) is 5. The zero-order chi connectivity index (χ0) is 24.3. The van der Waals surface area contributed by atoms with Crippen LogP contribution in [0.25, 0.3) is 0 Å². The lowest BCUT2D eigenvalue weighted by Gasteiger charge is -2.34. The minimum absolute atomic E-state index is 0.128. The fraction of sp³-hybridized carbons (Fsp3) is 0.391. The normalized spacial score (nSPS) is 15.9. The minimum atomic E-state index is -3.76. The van der Waals surface area contributed by atoms with Crippen molar-refractivity contribution >= 4 is 27.3 Å². The van der Waals surface area contributed by atoms with Crippen molar-refractivity contribution < 1.29 is 13.2 Å². The Balaban J connectivity index is 1.50. The predicted molar refractivity (Wildman–Crippen MR) is 132 cm³/mol. The molecule has 0 unspecified atom stereocenters. The summed E-state index contributed by atoms with van der Waals surface area (Å²) < 4.78 is 36.1. The third-order valence-corrected chi connectivity index (χ3v) is 7.61. The number of sulfonamides is 1. The summed E-state index contributed by atoms with van der Waals surface area (Å²) in [7, 11) is -1.63. The summed E-state index contributed by atoms with van der Waals surface area (Å²) in [6.45, 7) is 8.12. The summed E-state index contributed by atoms with van der Waals surface area (Å²) in [5, 5.41) is 8.88. The lowest BCUT2D eigenvalue weighted by Crippen LogP contribution is -2.44. The second-order valence-electron chi connectivity index (χ2n) is 8.27. The second-order valence-corrected chi connectivity index (χ2v) is 10.4. The summed E-state index contributed by atoms with van der Waals surface area (Å²) in [6.07, 6.45) is 0. The van der Waals surface area contributed by atoms with Crippen LogP contribution in [0.1, 0.15) is 25.7 Å². The van der Waals surface area contributed by atoms with Gasteiger partial charge in [0.15, 0.2) is 5.82 Å². The minimum Gasteiger partial charge on any atom is -0.424 e. The summed E-state index contributed by atoms with van der Waals surface area (Å²) in [6, 6.07) is 13.6. The molecule has 2 heterocycles. The summed E-state index contributed by atoms with van der Waals surface area (Å²) in [5.41, 5.74) is 1.09. The number of halogens is 1. The molecule has 1 N–H and O–H groups in total. The third kappa shape index (κ3) is 5.52. The molecule has 9 nitrogen and oxygen atoms in total. The molecule has 0 radical (unpaired) electrons. The first-order chi connectivity index (χ1) is 16.3. The highest BCUT2D eigenvalue weighted by molar-refractivity contribution is 7.89. The van der Waals surface area contributed by atoms with Gasteiger partial charge in [-0.3, -0.25) is 4.57 Å². The largest absolute Gasteiger partial charge is 0.424 e. The Labute approximate surface area is 205 Å². The third-order valence-electron chi connectivity index (χ3n) is 5.80. The number of aromatic nitrogens is 3. The van der Waals surface area contributed by atoms with E-state index in [1.54, 1.807) is 11.5 Å². The van der Waals surface area contributed by atoms with E-state index in [-0.39, 0.29) is 4.90 Å². The van der Waals surface area contributed by atoms with Crippen molar-refractivity contribution in [2.75, 3.05) is 38.1 Å². The molecule has 1 atom stereocenters. The van der Waals surface area contributed by atoms with Gasteiger partial charge in [-0.05, 0) is 57.3 Å². The summed E-state index contributed by atoms with van der Waals surface area (Å²) in [5.74, 6) is 1.12. The van der Waals surface area contributed by atoms with Crippen molar-refractivity contribution in [2.24, 2.45) is 0 Å². The van der Waals surface area contributed by atoms with E-state index in [2.05, 4.69) is 37.8 Å². The van der Waals surface area contributed by atoms with E-state index in [9.17, 15) is 8.42 Å². The van der Waals surface area contributed by atoms with Crippen molar-refractivity contribution in [3.05, 3.63) is 59.4 Å². The van der Waals surface area contributed by atoms with Gasteiger partial charge in [0, 0.05) is 49.5 Å². The van der Waals surface area contributed by atoms with Gasteiger partial charge < -0.3 is 14.5 Å². The number of piperazine rings is 1. The average Bonchev–Trinajstić information content (AvgIpc) is 3.22. The quantitative estimate of drug-likeness (QED) is 0.501. The molecule has 1 saturated heterocycles. The van der Waals surface area contributed by atoms with Crippen LogP contribution >= 0.6 is 11.6 Å². The van der Waals surface area contributed by atoms with Crippen molar-refractivity contribution in [2.45, 2.75) is 31.3 Å². The van der Waals surface area contributed by atoms with E-state index in [0.717, 1.165) is 31.9 Å². The average molecular weight is 505 g/mol. The topological polar surface area (TPSA) is 92.6 Å². The highest BCUT2D eigenvalue weighted by Crippen LogP contribution is 2.28. The number of anilines is 1. The van der Waals surface area contributed by atoms with Gasteiger partial charge in [-0.15, -0.1) is 5.10 Å². The van der Waals surface area contributed by atoms with E-state index in [0.29, 0.717) is 29.2 Å². The maximum atomic E-state index is 12.8. The van der Waals surface area contributed by atoms with Crippen molar-refractivity contribution in [3.63, 3.8) is 0 Å². The molecule has 3 aromatic rings. The van der Waals surface area contributed by atoms with Crippen LogP contribution < -0.4 is 14.4 Å². The summed E-state index contributed by atoms with van der Waals surface area (Å²) in [4.78, 5) is 4.77. The Morgan fingerprint density at radius 2 is 1.79 bits per heavy atom. The molecule has 1 aromatic heterocycles. The molecule has 0 bridgehead atoms. The van der Waals surface area contributed by atoms with Gasteiger partial charge in [0.25, 0.3) is 0 Å². The number of rotatable bonds is 8. The van der Waals surface area contributed by atoms with Gasteiger partial charge in [0.05, 0.1) is 10.9 Å². The molecule has 34 heavy (non-hydrogen) atoms. The molecule has 1 aliphatic rings. The molecular formula is C23H29ClN6O3S. The molecule has 1 aliphatic heterocycles. The van der Waals surface area contributed by atoms with Crippen molar-refractivity contribution in [1.82, 2.24) is 24.4 Å². The Morgan fingerprint density at radius 1 is 1.09 bits per heavy atom. The van der Waals surface area contributed by atoms with Gasteiger partial charge in [0.2, 0.25) is 10.0 Å². The number of ether oxygens (including phenoxy) is 1. The zero-order valence-corrected chi connectivity index (χ0v) is 21.1. The standard InChI is InChI=1S/C23H29ClN6O3S/c1-4-30-22(17(2)27-34(31,32)21-10-8-18(24)9-11-21)25-26-23(30)33-20-7-5-6-19(16-20)29-14-12-28(3)13-15-29/h5-11,16-17,27H,4,12-15H2,1-3H3/t17-/m1/s1. The number of nitrogens with one attached hydrogen (secondary N) is 1. The number of benzene rings is 2. The molecular weight excluding hydrogens is 476 g/mol. The molecule has 0 amide bonds. The van der Waals surface area contributed by atoms with E-state index in [1.807, 2.05) is 25.1 Å². The number of hydrogen-bond acceptors (Lipinski definition) is 7. The van der Waals surface area contributed by atoms with Crippen LogP contribution in [0, 0.1) is 0 Å². The van der Waals surface area contributed by atoms with Gasteiger partial charge in [0.1, 0.15) is 5.75 Å². The first-order valence-corrected chi connectivity index (χ1v) is 13.1. The fourth-order valence-corrected chi connectivity index (χ4v) is 5.20. The maximum absolute atomic E-state index is 12.8. The smallest absolute Gasteiger partial charge is 0.322 e. The first-order valence-electron chi connectivity index (χ1n) is 11.2. The molecule has 182 valence electrons. The monoisotopic (exact) mass is 504 g/mol. The maximum Gasteiger partial charge on any atom is 0.322 e. The van der Waals surface area contributed by atoms with Gasteiger partial charge in [-0.25, -0.2) is 13.1 Å². The van der Waals surface area contributed by atoms with Gasteiger partial charge in [-0.2, -0.15) is 0 Å². The van der Waals surface area contributed by atoms with E-state index in [4.69, 9.17) is 16.3 Å². The van der Waals surface area contributed by atoms with Gasteiger partial charge >= 0.3 is 6.01 Å². The Hall–Kier alpha value is -2.66. The molecule has 4 rings (SSSR count). The number of hydrogen-bond donors (Lipinski definition) is 1. The fourth-order valence-electron chi connectivity index (χ4n) is 3.87. The number of likely N-dealkylation sites (N-methyl/N-ethyl adjacent to an activating group) is 1. The van der Waals surface area contributed by atoms with E-state index < -0.39 is 16.1 Å². The lowest BCUT2D eigenvalue weighted by atomic mass is 10.2. The SMILES string of the molecule is CCn1c(Oc2cccc(N3CCN(C)CC3)c2)nnc1[C@@H](C)NS(=O)(=O)c1ccc(Cl)cc1. The van der Waals surface area contributed by atoms with Crippen LogP contribution in [0.3, 0.4) is 0 Å². The van der Waals surface area contributed by atoms with Crippen LogP contribution in [-0.4, -0.2) is 61.3 Å². The second kappa shape index (κ2) is 10.3. The highest BCUT2D eigenvalue weighted by Gasteiger charge is 2.24. The van der Waals surface area contributed by atoms with Gasteiger partial charge in [-0.1, -0.05) is 22.8 Å². The zero-order valence-electron chi connectivity index (χ0n) is 19.5. The Morgan fingerprint density at radius 3 is 2.47 bits per heavy atom. The van der Waals surface area contributed by atoms with E-state index >= 15 is 0 Å². The van der Waals surface area contributed by atoms with Crippen molar-refractivity contribution in [3.8, 4) is 11.8 Å². The molecule has 0 aliphatic carbocycles. The molecule has 11 heteroatoms. The highest BCUT2D eigenvalue weighted by atomic mass is 35.5. The molecule has 1 fully saturated rings. The van der Waals surface area contributed by atoms with Crippen LogP contribution in [-0.2, 0) is 16.6 Å². The Bertz CT molecular complexity index is 1220. The van der Waals surface area contributed by atoms with Crippen LogP contribution in [0.15, 0.2) is 53.4 Å². The van der Waals surface area contributed by atoms with Crippen LogP contribution in [0.4, 0.5) is 5.69 Å². The lowest BCUT2D eigenvalue weighted by molar-refractivity contribution is 0.312. The molecule has 0 spiro atoms. The molecule has 0 saturated carbocycles. The van der Waals surface area contributed by atoms with Crippen molar-refractivity contribution in [1.29, 1.82) is 0 Å². The predicted octanol–water partition coefficient (Wildman–Crippen LogP) is 3.54. The molecule has 2 aromatic carbocycles. The summed E-state index contributed by atoms with van der Waals surface area (Å²) >= 11 is 5.88. The van der Waals surface area contributed by atoms with Crippen LogP contribution in [0.5, 0.6) is 11.8 Å². The Kier molecular flexibility index (Phi) is 7.42.